The van der Waals surface area contributed by atoms with Gasteiger partial charge in [-0.05, 0) is 36.2 Å². The number of carbonyl (C=O) groups is 1. The van der Waals surface area contributed by atoms with Crippen molar-refractivity contribution in [3.63, 3.8) is 0 Å². The number of halogens is 1. The fraction of sp³-hybridized carbons (Fsp3) is 0.125. The standard InChI is InChI=1S/C16H14FN3OS/c17-12-5-3-4-11(10-12)8-9-18-15(21)20-16-19-13-6-1-2-7-14(13)22-16/h1-7,10H,8-9H2,(H2,18,19,20,21). The lowest BCUT2D eigenvalue weighted by molar-refractivity contribution is 0.252. The van der Waals surface area contributed by atoms with Gasteiger partial charge in [0.15, 0.2) is 5.13 Å². The molecule has 2 aromatic carbocycles. The van der Waals surface area contributed by atoms with Crippen molar-refractivity contribution < 1.29 is 9.18 Å². The van der Waals surface area contributed by atoms with Gasteiger partial charge in [-0.2, -0.15) is 0 Å². The SMILES string of the molecule is O=C(NCCc1cccc(F)c1)Nc1nc2ccccc2s1. The van der Waals surface area contributed by atoms with Crippen molar-refractivity contribution in [2.45, 2.75) is 6.42 Å². The number of hydrogen-bond donors (Lipinski definition) is 2. The monoisotopic (exact) mass is 315 g/mol. The average Bonchev–Trinajstić information content (AvgIpc) is 2.89. The molecule has 3 rings (SSSR count). The van der Waals surface area contributed by atoms with Crippen LogP contribution >= 0.6 is 11.3 Å². The molecule has 0 fully saturated rings. The van der Waals surface area contributed by atoms with Gasteiger partial charge in [-0.1, -0.05) is 35.6 Å². The van der Waals surface area contributed by atoms with Crippen molar-refractivity contribution in [2.75, 3.05) is 11.9 Å². The maximum absolute atomic E-state index is 13.0. The Bertz CT molecular complexity index is 770. The van der Waals surface area contributed by atoms with E-state index in [2.05, 4.69) is 15.6 Å². The van der Waals surface area contributed by atoms with E-state index in [0.717, 1.165) is 15.8 Å². The number of para-hydroxylation sites is 1. The molecule has 0 saturated carbocycles. The zero-order valence-corrected chi connectivity index (χ0v) is 12.5. The normalized spacial score (nSPS) is 10.6. The van der Waals surface area contributed by atoms with E-state index in [1.165, 1.54) is 23.5 Å². The summed E-state index contributed by atoms with van der Waals surface area (Å²) in [4.78, 5) is 16.1. The van der Waals surface area contributed by atoms with Crippen LogP contribution in [0.1, 0.15) is 5.56 Å². The molecule has 112 valence electrons. The third kappa shape index (κ3) is 3.59. The molecule has 6 heteroatoms. The molecule has 0 bridgehead atoms. The number of benzene rings is 2. The first-order valence-corrected chi connectivity index (χ1v) is 7.67. The lowest BCUT2D eigenvalue weighted by Crippen LogP contribution is -2.30. The molecule has 2 N–H and O–H groups in total. The zero-order valence-electron chi connectivity index (χ0n) is 11.7. The number of carbonyl (C=O) groups excluding carboxylic acids is 1. The molecule has 2 amide bonds. The van der Waals surface area contributed by atoms with Crippen LogP contribution in [0.25, 0.3) is 10.2 Å². The molecule has 0 radical (unpaired) electrons. The Morgan fingerprint density at radius 1 is 1.18 bits per heavy atom. The van der Waals surface area contributed by atoms with Gasteiger partial charge in [0, 0.05) is 6.54 Å². The van der Waals surface area contributed by atoms with Crippen LogP contribution in [0.2, 0.25) is 0 Å². The van der Waals surface area contributed by atoms with Crippen LogP contribution in [-0.4, -0.2) is 17.6 Å². The first-order valence-electron chi connectivity index (χ1n) is 6.85. The Morgan fingerprint density at radius 2 is 2.05 bits per heavy atom. The van der Waals surface area contributed by atoms with Crippen LogP contribution in [0.4, 0.5) is 14.3 Å². The fourth-order valence-electron chi connectivity index (χ4n) is 2.08. The van der Waals surface area contributed by atoms with Gasteiger partial charge >= 0.3 is 6.03 Å². The fourth-order valence-corrected chi connectivity index (χ4v) is 2.94. The summed E-state index contributed by atoms with van der Waals surface area (Å²) in [5, 5.41) is 6.01. The third-order valence-corrected chi connectivity index (χ3v) is 4.05. The first-order chi connectivity index (χ1) is 10.7. The maximum Gasteiger partial charge on any atom is 0.321 e. The molecule has 4 nitrogen and oxygen atoms in total. The number of urea groups is 1. The minimum absolute atomic E-state index is 0.267. The molecule has 0 aliphatic rings. The van der Waals surface area contributed by atoms with Crippen LogP contribution in [-0.2, 0) is 6.42 Å². The van der Waals surface area contributed by atoms with Gasteiger partial charge in [0.25, 0.3) is 0 Å². The second kappa shape index (κ2) is 6.53. The molecule has 0 aliphatic carbocycles. The van der Waals surface area contributed by atoms with Crippen LogP contribution in [0.5, 0.6) is 0 Å². The lowest BCUT2D eigenvalue weighted by atomic mass is 10.1. The average molecular weight is 315 g/mol. The molecular formula is C16H14FN3OS. The van der Waals surface area contributed by atoms with Gasteiger partial charge in [-0.3, -0.25) is 5.32 Å². The highest BCUT2D eigenvalue weighted by atomic mass is 32.1. The summed E-state index contributed by atoms with van der Waals surface area (Å²) in [5.41, 5.74) is 1.71. The molecule has 0 spiro atoms. The number of thiazole rings is 1. The van der Waals surface area contributed by atoms with Gasteiger partial charge in [0.2, 0.25) is 0 Å². The van der Waals surface area contributed by atoms with E-state index in [1.807, 2.05) is 30.3 Å². The van der Waals surface area contributed by atoms with E-state index in [4.69, 9.17) is 0 Å². The summed E-state index contributed by atoms with van der Waals surface area (Å²) in [7, 11) is 0. The molecule has 3 aromatic rings. The van der Waals surface area contributed by atoms with E-state index >= 15 is 0 Å². The second-order valence-corrected chi connectivity index (χ2v) is 5.78. The van der Waals surface area contributed by atoms with Crippen LogP contribution in [0.15, 0.2) is 48.5 Å². The highest BCUT2D eigenvalue weighted by molar-refractivity contribution is 7.22. The largest absolute Gasteiger partial charge is 0.337 e. The van der Waals surface area contributed by atoms with Gasteiger partial charge < -0.3 is 5.32 Å². The Balaban J connectivity index is 1.52. The summed E-state index contributed by atoms with van der Waals surface area (Å²) in [6, 6.07) is 13.7. The molecule has 0 saturated heterocycles. The summed E-state index contributed by atoms with van der Waals surface area (Å²) >= 11 is 1.42. The van der Waals surface area contributed by atoms with Crippen molar-refractivity contribution in [1.29, 1.82) is 0 Å². The number of anilines is 1. The van der Waals surface area contributed by atoms with Crippen molar-refractivity contribution in [3.8, 4) is 0 Å². The van der Waals surface area contributed by atoms with Crippen molar-refractivity contribution in [3.05, 3.63) is 59.9 Å². The van der Waals surface area contributed by atoms with Crippen LogP contribution in [0, 0.1) is 5.82 Å². The van der Waals surface area contributed by atoms with Gasteiger partial charge in [0.1, 0.15) is 5.82 Å². The molecule has 1 heterocycles. The number of nitrogens with zero attached hydrogens (tertiary/aromatic N) is 1. The minimum atomic E-state index is -0.310. The Morgan fingerprint density at radius 3 is 2.86 bits per heavy atom. The summed E-state index contributed by atoms with van der Waals surface area (Å²) in [5.74, 6) is -0.267. The maximum atomic E-state index is 13.0. The van der Waals surface area contributed by atoms with Crippen molar-refractivity contribution >= 4 is 32.7 Å². The molecular weight excluding hydrogens is 301 g/mol. The molecule has 0 aliphatic heterocycles. The highest BCUT2D eigenvalue weighted by Gasteiger charge is 2.06. The predicted octanol–water partition coefficient (Wildman–Crippen LogP) is 3.80. The lowest BCUT2D eigenvalue weighted by Gasteiger charge is -2.05. The number of fused-ring (bicyclic) bond motifs is 1. The zero-order chi connectivity index (χ0) is 15.4. The number of aromatic nitrogens is 1. The second-order valence-electron chi connectivity index (χ2n) is 4.75. The first kappa shape index (κ1) is 14.5. The van der Waals surface area contributed by atoms with E-state index in [1.54, 1.807) is 6.07 Å². The summed E-state index contributed by atoms with van der Waals surface area (Å²) < 4.78 is 14.1. The van der Waals surface area contributed by atoms with Gasteiger partial charge in [-0.15, -0.1) is 0 Å². The molecule has 0 unspecified atom stereocenters. The Hall–Kier alpha value is -2.47. The molecule has 0 atom stereocenters. The van der Waals surface area contributed by atoms with E-state index in [0.29, 0.717) is 18.1 Å². The quantitative estimate of drug-likeness (QED) is 0.769. The molecule has 22 heavy (non-hydrogen) atoms. The topological polar surface area (TPSA) is 54.0 Å². The van der Waals surface area contributed by atoms with Crippen LogP contribution in [0.3, 0.4) is 0 Å². The van der Waals surface area contributed by atoms with Crippen molar-refractivity contribution in [1.82, 2.24) is 10.3 Å². The molecule has 1 aromatic heterocycles. The predicted molar refractivity (Wildman–Crippen MR) is 86.7 cm³/mol. The van der Waals surface area contributed by atoms with Gasteiger partial charge in [-0.25, -0.2) is 14.2 Å². The smallest absolute Gasteiger partial charge is 0.321 e. The number of hydrogen-bond acceptors (Lipinski definition) is 3. The minimum Gasteiger partial charge on any atom is -0.337 e. The Labute approximate surface area is 131 Å². The van der Waals surface area contributed by atoms with E-state index in [9.17, 15) is 9.18 Å². The summed E-state index contributed by atoms with van der Waals surface area (Å²) in [6.45, 7) is 0.431. The highest BCUT2D eigenvalue weighted by Crippen LogP contribution is 2.25. The van der Waals surface area contributed by atoms with Crippen molar-refractivity contribution in [2.24, 2.45) is 0 Å². The Kier molecular flexibility index (Phi) is 4.29. The van der Waals surface area contributed by atoms with Crippen LogP contribution < -0.4 is 10.6 Å². The number of amides is 2. The number of rotatable bonds is 4. The van der Waals surface area contributed by atoms with E-state index < -0.39 is 0 Å². The number of nitrogens with one attached hydrogen (secondary N) is 2. The van der Waals surface area contributed by atoms with E-state index in [-0.39, 0.29) is 11.8 Å². The van der Waals surface area contributed by atoms with Gasteiger partial charge in [0.05, 0.1) is 10.2 Å². The summed E-state index contributed by atoms with van der Waals surface area (Å²) in [6.07, 6.45) is 0.574. The third-order valence-electron chi connectivity index (χ3n) is 3.10.